The second-order valence-corrected chi connectivity index (χ2v) is 10.3. The van der Waals surface area contributed by atoms with Gasteiger partial charge in [0.05, 0.1) is 18.5 Å². The maximum absolute atomic E-state index is 10.9. The van der Waals surface area contributed by atoms with Gasteiger partial charge in [0, 0.05) is 56.4 Å². The molecule has 2 aromatic heterocycles. The molecule has 0 aliphatic carbocycles. The summed E-state index contributed by atoms with van der Waals surface area (Å²) in [7, 11) is 3.53. The van der Waals surface area contributed by atoms with Crippen LogP contribution in [0.25, 0.3) is 33.3 Å². The topological polar surface area (TPSA) is 85.5 Å². The van der Waals surface area contributed by atoms with E-state index in [1.807, 2.05) is 37.5 Å². The molecule has 6 rings (SSSR count). The summed E-state index contributed by atoms with van der Waals surface area (Å²) in [5.41, 5.74) is 5.03. The second kappa shape index (κ2) is 10.1. The van der Waals surface area contributed by atoms with Crippen molar-refractivity contribution in [2.24, 2.45) is 13.0 Å². The van der Waals surface area contributed by atoms with Gasteiger partial charge in [-0.25, -0.2) is 0 Å². The van der Waals surface area contributed by atoms with Crippen LogP contribution in [0, 0.1) is 5.92 Å². The second-order valence-electron chi connectivity index (χ2n) is 10.3. The molecule has 2 saturated heterocycles. The first-order chi connectivity index (χ1) is 18.1. The maximum Gasteiger partial charge on any atom is 0.147 e. The molecule has 0 saturated carbocycles. The molecule has 8 nitrogen and oxygen atoms in total. The van der Waals surface area contributed by atoms with E-state index in [4.69, 9.17) is 9.47 Å². The molecule has 2 aliphatic rings. The third-order valence-corrected chi connectivity index (χ3v) is 7.77. The van der Waals surface area contributed by atoms with Crippen LogP contribution in [-0.4, -0.2) is 69.9 Å². The summed E-state index contributed by atoms with van der Waals surface area (Å²) in [5, 5.41) is 25.3. The van der Waals surface area contributed by atoms with Gasteiger partial charge in [-0.2, -0.15) is 15.3 Å². The lowest BCUT2D eigenvalue weighted by molar-refractivity contribution is 0.0541. The zero-order chi connectivity index (χ0) is 25.4. The van der Waals surface area contributed by atoms with Crippen molar-refractivity contribution in [3.63, 3.8) is 0 Å². The molecule has 4 heterocycles. The molecule has 2 aliphatic heterocycles. The summed E-state index contributed by atoms with van der Waals surface area (Å²) in [6, 6.07) is 13.7. The minimum Gasteiger partial charge on any atom is -0.507 e. The van der Waals surface area contributed by atoms with Crippen molar-refractivity contribution in [3.05, 3.63) is 54.4 Å². The van der Waals surface area contributed by atoms with Crippen LogP contribution in [-0.2, 0) is 11.8 Å². The molecule has 2 fully saturated rings. The van der Waals surface area contributed by atoms with Crippen molar-refractivity contribution in [1.82, 2.24) is 24.9 Å². The quantitative estimate of drug-likeness (QED) is 0.397. The number of benzene rings is 2. The smallest absolute Gasteiger partial charge is 0.147 e. The number of nitrogens with zero attached hydrogens (tertiary/aromatic N) is 5. The summed E-state index contributed by atoms with van der Waals surface area (Å²) in [5.74, 6) is 2.12. The number of aryl methyl sites for hydroxylation is 1. The highest BCUT2D eigenvalue weighted by molar-refractivity contribution is 5.90. The Morgan fingerprint density at radius 3 is 2.59 bits per heavy atom. The fourth-order valence-corrected chi connectivity index (χ4v) is 5.52. The third kappa shape index (κ3) is 4.91. The number of rotatable bonds is 7. The Morgan fingerprint density at radius 2 is 1.86 bits per heavy atom. The summed E-state index contributed by atoms with van der Waals surface area (Å²) < 4.78 is 12.8. The van der Waals surface area contributed by atoms with Crippen LogP contribution >= 0.6 is 0 Å². The van der Waals surface area contributed by atoms with Crippen LogP contribution < -0.4 is 4.74 Å². The zero-order valence-corrected chi connectivity index (χ0v) is 21.4. The normalized spacial score (nSPS) is 17.2. The molecule has 8 heteroatoms. The van der Waals surface area contributed by atoms with Gasteiger partial charge >= 0.3 is 0 Å². The maximum atomic E-state index is 10.9. The molecule has 192 valence electrons. The van der Waals surface area contributed by atoms with Gasteiger partial charge in [0.15, 0.2) is 0 Å². The first-order valence-corrected chi connectivity index (χ1v) is 13.1. The number of aromatic nitrogens is 4. The summed E-state index contributed by atoms with van der Waals surface area (Å²) in [6.07, 6.45) is 5.62. The minimum atomic E-state index is 0.174. The van der Waals surface area contributed by atoms with Crippen LogP contribution in [0.3, 0.4) is 0 Å². The van der Waals surface area contributed by atoms with E-state index in [2.05, 4.69) is 32.3 Å². The zero-order valence-electron chi connectivity index (χ0n) is 21.4. The lowest BCUT2D eigenvalue weighted by atomic mass is 9.92. The van der Waals surface area contributed by atoms with E-state index in [0.717, 1.165) is 66.5 Å². The monoisotopic (exact) mass is 499 g/mol. The Hall–Kier alpha value is -3.49. The number of fused-ring (bicyclic) bond motifs is 1. The number of aromatic hydroxyl groups is 1. The molecule has 1 N–H and O–H groups in total. The van der Waals surface area contributed by atoms with Crippen molar-refractivity contribution < 1.29 is 14.6 Å². The number of hydrogen-bond donors (Lipinski definition) is 1. The average Bonchev–Trinajstić information content (AvgIpc) is 3.28. The largest absolute Gasteiger partial charge is 0.507 e. The van der Waals surface area contributed by atoms with Gasteiger partial charge in [0.25, 0.3) is 0 Å². The Morgan fingerprint density at radius 1 is 1.03 bits per heavy atom. The summed E-state index contributed by atoms with van der Waals surface area (Å²) in [4.78, 5) is 2.51. The average molecular weight is 500 g/mol. The van der Waals surface area contributed by atoms with Gasteiger partial charge in [-0.3, -0.25) is 4.68 Å². The Labute approximate surface area is 216 Å². The van der Waals surface area contributed by atoms with Crippen LogP contribution in [0.4, 0.5) is 0 Å². The molecular weight excluding hydrogens is 466 g/mol. The van der Waals surface area contributed by atoms with E-state index in [1.54, 1.807) is 17.9 Å². The van der Waals surface area contributed by atoms with Crippen molar-refractivity contribution >= 4 is 10.9 Å². The highest BCUT2D eigenvalue weighted by Gasteiger charge is 2.30. The van der Waals surface area contributed by atoms with E-state index in [0.29, 0.717) is 22.9 Å². The minimum absolute atomic E-state index is 0.174. The standard InChI is InChI=1S/C29H33N5O3/c1-33-16-22-13-21(15-28(36-2)29(22)32-33)20-3-4-24(27(35)14-20)26-6-5-25(30-31-26)23-17-34(18-23)10-7-19-8-11-37-12-9-19/h3-6,13-16,19,23,35H,7-12,17-18H2,1-2H3. The predicted octanol–water partition coefficient (Wildman–Crippen LogP) is 4.63. The van der Waals surface area contributed by atoms with E-state index in [9.17, 15) is 5.11 Å². The van der Waals surface area contributed by atoms with Gasteiger partial charge in [-0.1, -0.05) is 6.07 Å². The van der Waals surface area contributed by atoms with Crippen molar-refractivity contribution in [1.29, 1.82) is 0 Å². The number of methoxy groups -OCH3 is 1. The van der Waals surface area contributed by atoms with Crippen molar-refractivity contribution in [2.75, 3.05) is 40.0 Å². The van der Waals surface area contributed by atoms with Gasteiger partial charge < -0.3 is 19.5 Å². The van der Waals surface area contributed by atoms with Crippen molar-refractivity contribution in [3.8, 4) is 33.9 Å². The molecule has 2 aromatic carbocycles. The van der Waals surface area contributed by atoms with Crippen LogP contribution in [0.5, 0.6) is 11.5 Å². The molecule has 0 unspecified atom stereocenters. The first kappa shape index (κ1) is 23.9. The highest BCUT2D eigenvalue weighted by atomic mass is 16.5. The Balaban J connectivity index is 1.12. The van der Waals surface area contributed by atoms with Gasteiger partial charge in [0.2, 0.25) is 0 Å². The number of likely N-dealkylation sites (tertiary alicyclic amines) is 1. The third-order valence-electron chi connectivity index (χ3n) is 7.77. The summed E-state index contributed by atoms with van der Waals surface area (Å²) in [6.45, 7) is 5.09. The number of ether oxygens (including phenoxy) is 2. The van der Waals surface area contributed by atoms with E-state index >= 15 is 0 Å². The highest BCUT2D eigenvalue weighted by Crippen LogP contribution is 2.36. The predicted molar refractivity (Wildman–Crippen MR) is 143 cm³/mol. The van der Waals surface area contributed by atoms with Gasteiger partial charge in [-0.05, 0) is 79.3 Å². The van der Waals surface area contributed by atoms with E-state index < -0.39 is 0 Å². The fraction of sp³-hybridized carbons (Fsp3) is 0.414. The Kier molecular flexibility index (Phi) is 6.52. The molecule has 0 bridgehead atoms. The fourth-order valence-electron chi connectivity index (χ4n) is 5.52. The van der Waals surface area contributed by atoms with Gasteiger partial charge in [0.1, 0.15) is 17.0 Å². The van der Waals surface area contributed by atoms with Crippen LogP contribution in [0.1, 0.15) is 30.9 Å². The molecule has 0 radical (unpaired) electrons. The molecule has 37 heavy (non-hydrogen) atoms. The number of phenolic OH excluding ortho intramolecular Hbond substituents is 1. The molecular formula is C29H33N5O3. The lowest BCUT2D eigenvalue weighted by Crippen LogP contribution is -2.46. The van der Waals surface area contributed by atoms with Gasteiger partial charge in [-0.15, -0.1) is 0 Å². The van der Waals surface area contributed by atoms with Crippen molar-refractivity contribution in [2.45, 2.75) is 25.2 Å². The number of hydrogen-bond acceptors (Lipinski definition) is 7. The molecule has 0 spiro atoms. The van der Waals surface area contributed by atoms with E-state index in [1.165, 1.54) is 19.3 Å². The lowest BCUT2D eigenvalue weighted by Gasteiger charge is -2.39. The molecule has 0 atom stereocenters. The SMILES string of the molecule is COc1cc(-c2ccc(-c3ccc(C4CN(CCC5CCOCC5)C4)nn3)c(O)c2)cc2cn(C)nc12. The van der Waals surface area contributed by atoms with Crippen LogP contribution in [0.2, 0.25) is 0 Å². The van der Waals surface area contributed by atoms with Crippen LogP contribution in [0.15, 0.2) is 48.7 Å². The summed E-state index contributed by atoms with van der Waals surface area (Å²) >= 11 is 0. The number of phenols is 1. The first-order valence-electron chi connectivity index (χ1n) is 13.1. The van der Waals surface area contributed by atoms with E-state index in [-0.39, 0.29) is 5.75 Å². The molecule has 4 aromatic rings. The molecule has 0 amide bonds. The Bertz CT molecular complexity index is 1390.